The molecule has 1 saturated carbocycles. The molecule has 1 aromatic rings. The quantitative estimate of drug-likeness (QED) is 0.906. The smallest absolute Gasteiger partial charge is 0.317 e. The van der Waals surface area contributed by atoms with E-state index in [2.05, 4.69) is 15.7 Å². The fraction of sp³-hybridized carbons (Fsp3) is 0.750. The van der Waals surface area contributed by atoms with Crippen LogP contribution in [-0.4, -0.2) is 42.7 Å². The van der Waals surface area contributed by atoms with Crippen LogP contribution in [0.2, 0.25) is 0 Å². The molecule has 1 N–H and O–H groups in total. The molecule has 0 aromatic carbocycles. The summed E-state index contributed by atoms with van der Waals surface area (Å²) in [4.78, 5) is 19.1. The zero-order valence-electron chi connectivity index (χ0n) is 13.4. The average molecular weight is 323 g/mol. The molecule has 3 rings (SSSR count). The zero-order valence-corrected chi connectivity index (χ0v) is 14.2. The summed E-state index contributed by atoms with van der Waals surface area (Å²) in [6, 6.07) is 0.152. The maximum atomic E-state index is 12.6. The number of piperidine rings is 1. The Morgan fingerprint density at radius 2 is 2.36 bits per heavy atom. The van der Waals surface area contributed by atoms with Gasteiger partial charge in [0.1, 0.15) is 5.01 Å². The van der Waals surface area contributed by atoms with Crippen LogP contribution in [0.5, 0.6) is 0 Å². The molecule has 1 aliphatic carbocycles. The molecule has 22 heavy (non-hydrogen) atoms. The summed E-state index contributed by atoms with van der Waals surface area (Å²) in [5.41, 5.74) is 1.04. The van der Waals surface area contributed by atoms with Crippen molar-refractivity contribution in [3.8, 4) is 0 Å². The number of aryl methyl sites for hydroxylation is 1. The first-order valence-electron chi connectivity index (χ1n) is 8.13. The Kier molecular flexibility index (Phi) is 4.98. The first-order valence-corrected chi connectivity index (χ1v) is 9.01. The molecule has 2 atom stereocenters. The number of amides is 2. The van der Waals surface area contributed by atoms with Crippen LogP contribution >= 0.6 is 11.3 Å². The lowest BCUT2D eigenvalue weighted by atomic mass is 9.99. The van der Waals surface area contributed by atoms with Gasteiger partial charge in [0.25, 0.3) is 0 Å². The number of nitrogens with one attached hydrogen (secondary N) is 1. The molecular formula is C16H25N3O2S. The van der Waals surface area contributed by atoms with Gasteiger partial charge in [-0.25, -0.2) is 9.78 Å². The lowest BCUT2D eigenvalue weighted by Crippen LogP contribution is -2.47. The summed E-state index contributed by atoms with van der Waals surface area (Å²) in [7, 11) is 1.73. The van der Waals surface area contributed by atoms with E-state index in [4.69, 9.17) is 4.74 Å². The van der Waals surface area contributed by atoms with Crippen LogP contribution in [0.25, 0.3) is 0 Å². The van der Waals surface area contributed by atoms with E-state index < -0.39 is 0 Å². The van der Waals surface area contributed by atoms with Gasteiger partial charge in [-0.15, -0.1) is 11.3 Å². The molecule has 2 fully saturated rings. The summed E-state index contributed by atoms with van der Waals surface area (Å²) < 4.78 is 5.24. The zero-order chi connectivity index (χ0) is 15.5. The molecule has 1 saturated heterocycles. The maximum absolute atomic E-state index is 12.6. The molecule has 122 valence electrons. The van der Waals surface area contributed by atoms with E-state index in [0.29, 0.717) is 11.8 Å². The number of urea groups is 1. The number of likely N-dealkylation sites (tertiary alicyclic amines) is 1. The van der Waals surface area contributed by atoms with Gasteiger partial charge in [-0.05, 0) is 38.5 Å². The molecule has 6 heteroatoms. The highest BCUT2D eigenvalue weighted by Gasteiger charge is 2.36. The number of hydrogen-bond acceptors (Lipinski definition) is 4. The van der Waals surface area contributed by atoms with Crippen LogP contribution < -0.4 is 5.32 Å². The molecule has 2 amide bonds. The lowest BCUT2D eigenvalue weighted by molar-refractivity contribution is 0.0992. The normalized spacial score (nSPS) is 23.4. The van der Waals surface area contributed by atoms with Crippen molar-refractivity contribution in [2.75, 3.05) is 26.8 Å². The molecule has 0 bridgehead atoms. The third-order valence-electron chi connectivity index (χ3n) is 4.48. The number of carbonyl (C=O) groups is 1. The van der Waals surface area contributed by atoms with Gasteiger partial charge in [0.2, 0.25) is 0 Å². The van der Waals surface area contributed by atoms with Crippen molar-refractivity contribution in [3.05, 3.63) is 16.1 Å². The van der Waals surface area contributed by atoms with E-state index in [1.165, 1.54) is 12.8 Å². The first-order chi connectivity index (χ1) is 10.7. The minimum Gasteiger partial charge on any atom is -0.384 e. The molecule has 1 aliphatic heterocycles. The molecule has 2 aliphatic rings. The van der Waals surface area contributed by atoms with Gasteiger partial charge in [-0.1, -0.05) is 0 Å². The molecular weight excluding hydrogens is 298 g/mol. The van der Waals surface area contributed by atoms with Crippen molar-refractivity contribution in [1.29, 1.82) is 0 Å². The Morgan fingerprint density at radius 3 is 3.00 bits per heavy atom. The number of hydrogen-bond donors (Lipinski definition) is 1. The van der Waals surface area contributed by atoms with Gasteiger partial charge >= 0.3 is 6.03 Å². The number of ether oxygens (including phenoxy) is 1. The Balaban J connectivity index is 1.61. The van der Waals surface area contributed by atoms with Gasteiger partial charge in [-0.2, -0.15) is 0 Å². The highest BCUT2D eigenvalue weighted by molar-refractivity contribution is 7.09. The van der Waals surface area contributed by atoms with E-state index in [-0.39, 0.29) is 12.1 Å². The molecule has 0 radical (unpaired) electrons. The fourth-order valence-electron chi connectivity index (χ4n) is 3.17. The summed E-state index contributed by atoms with van der Waals surface area (Å²) in [5.74, 6) is 1.03. The van der Waals surface area contributed by atoms with Crippen LogP contribution in [0, 0.1) is 18.8 Å². The standard InChI is InChI=1S/C16H25N3O2S/c1-11-10-22-15(17-11)14(13-5-6-13)18-16(20)19-7-3-4-12(8-19)9-21-2/h10,12-14H,3-9H2,1-2H3,(H,18,20)/t12-,14+/m0/s1. The second kappa shape index (κ2) is 6.96. The number of carbonyl (C=O) groups excluding carboxylic acids is 1. The summed E-state index contributed by atoms with van der Waals surface area (Å²) >= 11 is 1.66. The van der Waals surface area contributed by atoms with Crippen LogP contribution in [0.15, 0.2) is 5.38 Å². The van der Waals surface area contributed by atoms with Gasteiger partial charge < -0.3 is 15.0 Å². The summed E-state index contributed by atoms with van der Waals surface area (Å²) in [6.45, 7) is 4.39. The summed E-state index contributed by atoms with van der Waals surface area (Å²) in [5, 5.41) is 6.35. The van der Waals surface area contributed by atoms with Gasteiger partial charge in [0.05, 0.1) is 12.6 Å². The van der Waals surface area contributed by atoms with Crippen molar-refractivity contribution in [3.63, 3.8) is 0 Å². The Labute approximate surface area is 136 Å². The van der Waals surface area contributed by atoms with Crippen LogP contribution in [0.4, 0.5) is 4.79 Å². The van der Waals surface area contributed by atoms with Gasteiger partial charge in [0.15, 0.2) is 0 Å². The topological polar surface area (TPSA) is 54.5 Å². The minimum absolute atomic E-state index is 0.0607. The monoisotopic (exact) mass is 323 g/mol. The van der Waals surface area contributed by atoms with Crippen molar-refractivity contribution in [2.45, 2.75) is 38.6 Å². The Bertz CT molecular complexity index is 513. The van der Waals surface area contributed by atoms with Crippen molar-refractivity contribution in [2.24, 2.45) is 11.8 Å². The highest BCUT2D eigenvalue weighted by Crippen LogP contribution is 2.42. The Morgan fingerprint density at radius 1 is 1.55 bits per heavy atom. The number of aromatic nitrogens is 1. The molecule has 0 spiro atoms. The number of thiazole rings is 1. The highest BCUT2D eigenvalue weighted by atomic mass is 32.1. The van der Waals surface area contributed by atoms with E-state index >= 15 is 0 Å². The van der Waals surface area contributed by atoms with Gasteiger partial charge in [-0.3, -0.25) is 0 Å². The van der Waals surface area contributed by atoms with Crippen molar-refractivity contribution < 1.29 is 9.53 Å². The predicted octanol–water partition coefficient (Wildman–Crippen LogP) is 2.97. The molecule has 1 aromatic heterocycles. The van der Waals surface area contributed by atoms with E-state index in [1.807, 2.05) is 11.8 Å². The fourth-order valence-corrected chi connectivity index (χ4v) is 4.11. The number of methoxy groups -OCH3 is 1. The number of nitrogens with zero attached hydrogens (tertiary/aromatic N) is 2. The molecule has 0 unspecified atom stereocenters. The SMILES string of the molecule is COC[C@H]1CCCN(C(=O)N[C@@H](c2nc(C)cs2)C2CC2)C1. The predicted molar refractivity (Wildman–Crippen MR) is 87.0 cm³/mol. The first kappa shape index (κ1) is 15.7. The average Bonchev–Trinajstić information content (AvgIpc) is 3.26. The second-order valence-corrected chi connectivity index (χ2v) is 7.39. The molecule has 5 nitrogen and oxygen atoms in total. The van der Waals surface area contributed by atoms with E-state index in [9.17, 15) is 4.79 Å². The summed E-state index contributed by atoms with van der Waals surface area (Å²) in [6.07, 6.45) is 4.59. The minimum atomic E-state index is 0.0607. The van der Waals surface area contributed by atoms with E-state index in [1.54, 1.807) is 18.4 Å². The lowest BCUT2D eigenvalue weighted by Gasteiger charge is -2.33. The van der Waals surface area contributed by atoms with Crippen LogP contribution in [0.1, 0.15) is 42.4 Å². The van der Waals surface area contributed by atoms with Crippen LogP contribution in [-0.2, 0) is 4.74 Å². The maximum Gasteiger partial charge on any atom is 0.317 e. The largest absolute Gasteiger partial charge is 0.384 e. The third-order valence-corrected chi connectivity index (χ3v) is 5.53. The second-order valence-electron chi connectivity index (χ2n) is 6.50. The molecule has 2 heterocycles. The Hall–Kier alpha value is -1.14. The van der Waals surface area contributed by atoms with Crippen LogP contribution in [0.3, 0.4) is 0 Å². The number of rotatable bonds is 5. The third kappa shape index (κ3) is 3.79. The van der Waals surface area contributed by atoms with E-state index in [0.717, 1.165) is 43.2 Å². The van der Waals surface area contributed by atoms with Crippen molar-refractivity contribution >= 4 is 17.4 Å². The van der Waals surface area contributed by atoms with Crippen molar-refractivity contribution in [1.82, 2.24) is 15.2 Å². The van der Waals surface area contributed by atoms with Gasteiger partial charge in [0, 0.05) is 37.2 Å².